The molecule has 0 unspecified atom stereocenters. The lowest BCUT2D eigenvalue weighted by atomic mass is 10.0. The van der Waals surface area contributed by atoms with Crippen molar-refractivity contribution >= 4 is 5.97 Å². The number of nitrogens with one attached hydrogen (secondary N) is 1. The third kappa shape index (κ3) is 3.32. The van der Waals surface area contributed by atoms with Crippen LogP contribution in [0.4, 0.5) is 0 Å². The largest absolute Gasteiger partial charge is 0.461 e. The fraction of sp³-hybridized carbons (Fsp3) is 0.889. The Morgan fingerprint density at radius 2 is 2.15 bits per heavy atom. The lowest BCUT2D eigenvalue weighted by molar-refractivity contribution is -0.162. The van der Waals surface area contributed by atoms with Crippen LogP contribution in [0.25, 0.3) is 0 Å². The predicted molar refractivity (Wildman–Crippen MR) is 48.5 cm³/mol. The molecule has 13 heavy (non-hydrogen) atoms. The van der Waals surface area contributed by atoms with Gasteiger partial charge in [-0.15, -0.1) is 0 Å². The Morgan fingerprint density at radius 3 is 2.54 bits per heavy atom. The van der Waals surface area contributed by atoms with Crippen LogP contribution >= 0.6 is 0 Å². The number of esters is 1. The van der Waals surface area contributed by atoms with Gasteiger partial charge in [0.25, 0.3) is 0 Å². The van der Waals surface area contributed by atoms with E-state index in [1.165, 1.54) is 0 Å². The SMILES string of the molecule is CC(C)OC(=O)COC1(C)CNC1. The molecule has 4 nitrogen and oxygen atoms in total. The van der Waals surface area contributed by atoms with Gasteiger partial charge in [-0.25, -0.2) is 4.79 Å². The zero-order chi connectivity index (χ0) is 9.90. The first kappa shape index (κ1) is 10.5. The monoisotopic (exact) mass is 187 g/mol. The summed E-state index contributed by atoms with van der Waals surface area (Å²) >= 11 is 0. The Kier molecular flexibility index (Phi) is 3.27. The summed E-state index contributed by atoms with van der Waals surface area (Å²) in [5.74, 6) is -0.289. The van der Waals surface area contributed by atoms with Crippen LogP contribution in [0.15, 0.2) is 0 Å². The summed E-state index contributed by atoms with van der Waals surface area (Å²) in [5, 5.41) is 3.09. The van der Waals surface area contributed by atoms with E-state index in [1.54, 1.807) is 0 Å². The van der Waals surface area contributed by atoms with Crippen molar-refractivity contribution in [3.8, 4) is 0 Å². The fourth-order valence-corrected chi connectivity index (χ4v) is 1.11. The van der Waals surface area contributed by atoms with Crippen LogP contribution in [-0.2, 0) is 14.3 Å². The van der Waals surface area contributed by atoms with Crippen molar-refractivity contribution in [1.82, 2.24) is 5.32 Å². The number of hydrogen-bond donors (Lipinski definition) is 1. The van der Waals surface area contributed by atoms with E-state index in [-0.39, 0.29) is 24.3 Å². The topological polar surface area (TPSA) is 47.6 Å². The van der Waals surface area contributed by atoms with Gasteiger partial charge in [-0.1, -0.05) is 0 Å². The van der Waals surface area contributed by atoms with Gasteiger partial charge >= 0.3 is 5.97 Å². The van der Waals surface area contributed by atoms with Gasteiger partial charge in [-0.2, -0.15) is 0 Å². The van der Waals surface area contributed by atoms with E-state index in [4.69, 9.17) is 9.47 Å². The zero-order valence-corrected chi connectivity index (χ0v) is 8.42. The molecular formula is C9H17NO3. The van der Waals surface area contributed by atoms with Crippen molar-refractivity contribution in [3.05, 3.63) is 0 Å². The van der Waals surface area contributed by atoms with Crippen LogP contribution in [0.5, 0.6) is 0 Å². The minimum Gasteiger partial charge on any atom is -0.461 e. The van der Waals surface area contributed by atoms with E-state index in [0.717, 1.165) is 13.1 Å². The lowest BCUT2D eigenvalue weighted by Crippen LogP contribution is -2.59. The fourth-order valence-electron chi connectivity index (χ4n) is 1.11. The normalized spacial score (nSPS) is 19.7. The third-order valence-corrected chi connectivity index (χ3v) is 1.90. The molecule has 0 amide bonds. The highest BCUT2D eigenvalue weighted by atomic mass is 16.6. The van der Waals surface area contributed by atoms with E-state index in [2.05, 4.69) is 5.32 Å². The lowest BCUT2D eigenvalue weighted by Gasteiger charge is -2.38. The minimum absolute atomic E-state index is 0.0519. The van der Waals surface area contributed by atoms with Crippen molar-refractivity contribution < 1.29 is 14.3 Å². The Bertz CT molecular complexity index is 187. The van der Waals surface area contributed by atoms with Crippen LogP contribution in [0.1, 0.15) is 20.8 Å². The van der Waals surface area contributed by atoms with Gasteiger partial charge in [0.1, 0.15) is 6.61 Å². The third-order valence-electron chi connectivity index (χ3n) is 1.90. The van der Waals surface area contributed by atoms with Gasteiger partial charge < -0.3 is 14.8 Å². The number of carbonyl (C=O) groups excluding carboxylic acids is 1. The molecule has 0 atom stereocenters. The van der Waals surface area contributed by atoms with Crippen LogP contribution in [0.3, 0.4) is 0 Å². The maximum Gasteiger partial charge on any atom is 0.332 e. The van der Waals surface area contributed by atoms with Crippen molar-refractivity contribution in [3.63, 3.8) is 0 Å². The van der Waals surface area contributed by atoms with Crippen molar-refractivity contribution in [2.24, 2.45) is 0 Å². The number of hydrogen-bond acceptors (Lipinski definition) is 4. The molecule has 0 spiro atoms. The Labute approximate surface area is 78.6 Å². The van der Waals surface area contributed by atoms with Crippen LogP contribution < -0.4 is 5.32 Å². The molecule has 0 aromatic carbocycles. The zero-order valence-electron chi connectivity index (χ0n) is 8.42. The van der Waals surface area contributed by atoms with Crippen molar-refractivity contribution in [1.29, 1.82) is 0 Å². The van der Waals surface area contributed by atoms with Crippen molar-refractivity contribution in [2.75, 3.05) is 19.7 Å². The summed E-state index contributed by atoms with van der Waals surface area (Å²) in [6.07, 6.45) is -0.0663. The van der Waals surface area contributed by atoms with E-state index in [9.17, 15) is 4.79 Å². The summed E-state index contributed by atoms with van der Waals surface area (Å²) in [4.78, 5) is 11.1. The molecular weight excluding hydrogens is 170 g/mol. The van der Waals surface area contributed by atoms with Gasteiger partial charge in [-0.05, 0) is 20.8 Å². The first-order valence-electron chi connectivity index (χ1n) is 4.56. The second kappa shape index (κ2) is 4.07. The van der Waals surface area contributed by atoms with Gasteiger partial charge in [-0.3, -0.25) is 0 Å². The van der Waals surface area contributed by atoms with Crippen LogP contribution in [0.2, 0.25) is 0 Å². The Balaban J connectivity index is 2.14. The van der Waals surface area contributed by atoms with E-state index >= 15 is 0 Å². The molecule has 0 bridgehead atoms. The summed E-state index contributed by atoms with van der Waals surface area (Å²) in [5.41, 5.74) is -0.171. The quantitative estimate of drug-likeness (QED) is 0.644. The summed E-state index contributed by atoms with van der Waals surface area (Å²) in [6, 6.07) is 0. The van der Waals surface area contributed by atoms with Crippen LogP contribution in [-0.4, -0.2) is 37.4 Å². The maximum atomic E-state index is 11.1. The van der Waals surface area contributed by atoms with Gasteiger partial charge in [0.05, 0.1) is 11.7 Å². The first-order valence-corrected chi connectivity index (χ1v) is 4.56. The number of ether oxygens (including phenoxy) is 2. The molecule has 1 aliphatic rings. The molecule has 0 aromatic rings. The van der Waals surface area contributed by atoms with E-state index in [0.29, 0.717) is 0 Å². The maximum absolute atomic E-state index is 11.1. The predicted octanol–water partition coefficient (Wildman–Crippen LogP) is 0.317. The molecule has 1 aliphatic heterocycles. The Hall–Kier alpha value is -0.610. The van der Waals surface area contributed by atoms with E-state index < -0.39 is 0 Å². The molecule has 1 fully saturated rings. The average molecular weight is 187 g/mol. The second-order valence-corrected chi connectivity index (χ2v) is 3.88. The molecule has 0 saturated carbocycles. The second-order valence-electron chi connectivity index (χ2n) is 3.88. The Morgan fingerprint density at radius 1 is 1.54 bits per heavy atom. The molecule has 1 rings (SSSR count). The average Bonchev–Trinajstić information content (AvgIpc) is 1.96. The molecule has 0 aromatic heterocycles. The van der Waals surface area contributed by atoms with Gasteiger partial charge in [0, 0.05) is 13.1 Å². The smallest absolute Gasteiger partial charge is 0.332 e. The molecule has 4 heteroatoms. The number of carbonyl (C=O) groups is 1. The minimum atomic E-state index is -0.289. The molecule has 0 radical (unpaired) electrons. The number of rotatable bonds is 4. The van der Waals surface area contributed by atoms with Crippen molar-refractivity contribution in [2.45, 2.75) is 32.5 Å². The van der Waals surface area contributed by atoms with E-state index in [1.807, 2.05) is 20.8 Å². The van der Waals surface area contributed by atoms with Gasteiger partial charge in [0.15, 0.2) is 0 Å². The highest BCUT2D eigenvalue weighted by Crippen LogP contribution is 2.14. The molecule has 1 saturated heterocycles. The molecule has 76 valence electrons. The summed E-state index contributed by atoms with van der Waals surface area (Å²) in [6.45, 7) is 7.29. The molecule has 0 aliphatic carbocycles. The van der Waals surface area contributed by atoms with Gasteiger partial charge in [0.2, 0.25) is 0 Å². The molecule has 1 heterocycles. The first-order chi connectivity index (χ1) is 6.02. The molecule has 1 N–H and O–H groups in total. The highest BCUT2D eigenvalue weighted by Gasteiger charge is 2.33. The summed E-state index contributed by atoms with van der Waals surface area (Å²) in [7, 11) is 0. The standard InChI is InChI=1S/C9H17NO3/c1-7(2)13-8(11)4-12-9(3)5-10-6-9/h7,10H,4-6H2,1-3H3. The summed E-state index contributed by atoms with van der Waals surface area (Å²) < 4.78 is 10.3. The highest BCUT2D eigenvalue weighted by molar-refractivity contribution is 5.70. The van der Waals surface area contributed by atoms with Crippen LogP contribution in [0, 0.1) is 0 Å².